The standard InChI is InChI=1S/C30H28ClN5O2/c1-19-25(14-22(31)16-33-19)29(37)34-23-12-10-20(11-13-23)18-35-26-8-4-5-9-27(26)36(30(35)38)28-17-32-15-21-6-2-3-7-24(21)28/h2-9,14-17,20,23H,10-13,18H2,1H3,(H,34,37)/t20-,23-. The summed E-state index contributed by atoms with van der Waals surface area (Å²) in [5.74, 6) is 0.212. The van der Waals surface area contributed by atoms with Crippen molar-refractivity contribution in [2.75, 3.05) is 0 Å². The maximum absolute atomic E-state index is 13.9. The van der Waals surface area contributed by atoms with E-state index in [2.05, 4.69) is 15.3 Å². The van der Waals surface area contributed by atoms with Crippen LogP contribution in [0.3, 0.4) is 0 Å². The molecular formula is C30H28ClN5O2. The first kappa shape index (κ1) is 24.4. The van der Waals surface area contributed by atoms with E-state index < -0.39 is 0 Å². The number of benzene rings is 2. The number of para-hydroxylation sites is 2. The zero-order valence-electron chi connectivity index (χ0n) is 21.1. The number of pyridine rings is 2. The number of halogens is 1. The predicted octanol–water partition coefficient (Wildman–Crippen LogP) is 5.69. The Morgan fingerprint density at radius 2 is 1.74 bits per heavy atom. The number of nitrogens with zero attached hydrogens (tertiary/aromatic N) is 4. The molecule has 0 radical (unpaired) electrons. The van der Waals surface area contributed by atoms with Crippen LogP contribution < -0.4 is 11.0 Å². The van der Waals surface area contributed by atoms with E-state index in [1.54, 1.807) is 23.0 Å². The Morgan fingerprint density at radius 1 is 1.00 bits per heavy atom. The number of carbonyl (C=O) groups excluding carboxylic acids is 1. The molecule has 1 saturated carbocycles. The summed E-state index contributed by atoms with van der Waals surface area (Å²) in [5.41, 5.74) is 3.72. The molecule has 0 aliphatic heterocycles. The highest BCUT2D eigenvalue weighted by Crippen LogP contribution is 2.29. The molecule has 0 bridgehead atoms. The predicted molar refractivity (Wildman–Crippen MR) is 150 cm³/mol. The summed E-state index contributed by atoms with van der Waals surface area (Å²) in [7, 11) is 0. The van der Waals surface area contributed by atoms with Gasteiger partial charge in [-0.3, -0.25) is 23.9 Å². The van der Waals surface area contributed by atoms with Crippen molar-refractivity contribution in [3.05, 3.63) is 100.0 Å². The van der Waals surface area contributed by atoms with Crippen molar-refractivity contribution in [2.45, 2.75) is 45.2 Å². The van der Waals surface area contributed by atoms with E-state index in [1.807, 2.05) is 66.2 Å². The van der Waals surface area contributed by atoms with Gasteiger partial charge in [-0.25, -0.2) is 4.79 Å². The Balaban J connectivity index is 1.23. The molecule has 7 nitrogen and oxygen atoms in total. The smallest absolute Gasteiger partial charge is 0.333 e. The van der Waals surface area contributed by atoms with E-state index in [-0.39, 0.29) is 17.6 Å². The van der Waals surface area contributed by atoms with Crippen LogP contribution in [0.5, 0.6) is 0 Å². The van der Waals surface area contributed by atoms with Crippen LogP contribution in [0.15, 0.2) is 78.0 Å². The maximum atomic E-state index is 13.9. The Morgan fingerprint density at radius 3 is 2.55 bits per heavy atom. The minimum Gasteiger partial charge on any atom is -0.349 e. The highest BCUT2D eigenvalue weighted by molar-refractivity contribution is 6.30. The first-order valence-electron chi connectivity index (χ1n) is 13.0. The second-order valence-electron chi connectivity index (χ2n) is 10.1. The van der Waals surface area contributed by atoms with Crippen molar-refractivity contribution in [3.8, 4) is 5.69 Å². The second kappa shape index (κ2) is 10.1. The quantitative estimate of drug-likeness (QED) is 0.320. The Hall–Kier alpha value is -3.97. The number of amides is 1. The molecule has 1 N–H and O–H groups in total. The van der Waals surface area contributed by atoms with Gasteiger partial charge in [0, 0.05) is 35.8 Å². The van der Waals surface area contributed by atoms with Crippen molar-refractivity contribution in [2.24, 2.45) is 5.92 Å². The molecule has 0 spiro atoms. The lowest BCUT2D eigenvalue weighted by Crippen LogP contribution is -2.39. The van der Waals surface area contributed by atoms with Crippen LogP contribution in [-0.2, 0) is 6.54 Å². The molecule has 1 aliphatic carbocycles. The molecule has 5 aromatic rings. The van der Waals surface area contributed by atoms with Gasteiger partial charge in [-0.15, -0.1) is 0 Å². The van der Waals surface area contributed by atoms with E-state index in [4.69, 9.17) is 11.6 Å². The molecule has 0 unspecified atom stereocenters. The molecule has 8 heteroatoms. The normalized spacial score (nSPS) is 17.6. The first-order chi connectivity index (χ1) is 18.5. The number of aryl methyl sites for hydroxylation is 1. The van der Waals surface area contributed by atoms with Gasteiger partial charge < -0.3 is 5.32 Å². The Bertz CT molecular complexity index is 1710. The van der Waals surface area contributed by atoms with Gasteiger partial charge in [0.1, 0.15) is 0 Å². The van der Waals surface area contributed by atoms with Crippen LogP contribution in [-0.4, -0.2) is 31.1 Å². The molecule has 1 fully saturated rings. The minimum atomic E-state index is -0.135. The fourth-order valence-corrected chi connectivity index (χ4v) is 5.80. The molecular weight excluding hydrogens is 498 g/mol. The minimum absolute atomic E-state index is 0.0521. The zero-order valence-corrected chi connectivity index (χ0v) is 21.9. The summed E-state index contributed by atoms with van der Waals surface area (Å²) in [4.78, 5) is 35.3. The number of aromatic nitrogens is 4. The zero-order chi connectivity index (χ0) is 26.2. The number of fused-ring (bicyclic) bond motifs is 2. The fourth-order valence-electron chi connectivity index (χ4n) is 5.64. The maximum Gasteiger partial charge on any atom is 0.333 e. The Labute approximate surface area is 225 Å². The molecule has 0 saturated heterocycles. The molecule has 1 aliphatic rings. The molecule has 2 aromatic carbocycles. The van der Waals surface area contributed by atoms with Crippen molar-refractivity contribution < 1.29 is 4.79 Å². The summed E-state index contributed by atoms with van der Waals surface area (Å²) in [6.45, 7) is 2.45. The number of imidazole rings is 1. The van der Waals surface area contributed by atoms with Crippen molar-refractivity contribution in [3.63, 3.8) is 0 Å². The number of hydrogen-bond donors (Lipinski definition) is 1. The fraction of sp³-hybridized carbons (Fsp3) is 0.267. The van der Waals surface area contributed by atoms with Crippen LogP contribution in [0.4, 0.5) is 0 Å². The molecule has 3 heterocycles. The molecule has 3 aromatic heterocycles. The molecule has 6 rings (SSSR count). The van der Waals surface area contributed by atoms with E-state index in [0.717, 1.165) is 53.2 Å². The van der Waals surface area contributed by atoms with E-state index in [9.17, 15) is 9.59 Å². The van der Waals surface area contributed by atoms with E-state index in [0.29, 0.717) is 28.7 Å². The van der Waals surface area contributed by atoms with Gasteiger partial charge in [-0.1, -0.05) is 48.0 Å². The third-order valence-electron chi connectivity index (χ3n) is 7.64. The van der Waals surface area contributed by atoms with Gasteiger partial charge in [0.2, 0.25) is 0 Å². The number of nitrogens with one attached hydrogen (secondary N) is 1. The van der Waals surface area contributed by atoms with Gasteiger partial charge in [-0.2, -0.15) is 0 Å². The van der Waals surface area contributed by atoms with Gasteiger partial charge in [0.05, 0.1) is 39.2 Å². The lowest BCUT2D eigenvalue weighted by atomic mass is 9.85. The van der Waals surface area contributed by atoms with Crippen LogP contribution in [0.1, 0.15) is 41.7 Å². The Kier molecular flexibility index (Phi) is 6.45. The van der Waals surface area contributed by atoms with Crippen LogP contribution in [0.25, 0.3) is 27.5 Å². The number of rotatable bonds is 5. The summed E-state index contributed by atoms with van der Waals surface area (Å²) < 4.78 is 3.69. The highest BCUT2D eigenvalue weighted by Gasteiger charge is 2.26. The van der Waals surface area contributed by atoms with Crippen LogP contribution in [0.2, 0.25) is 5.02 Å². The van der Waals surface area contributed by atoms with Gasteiger partial charge in [0.25, 0.3) is 5.91 Å². The molecule has 38 heavy (non-hydrogen) atoms. The van der Waals surface area contributed by atoms with Crippen LogP contribution >= 0.6 is 11.6 Å². The summed E-state index contributed by atoms with van der Waals surface area (Å²) in [6.07, 6.45) is 8.73. The largest absolute Gasteiger partial charge is 0.349 e. The van der Waals surface area contributed by atoms with Crippen LogP contribution in [0, 0.1) is 12.8 Å². The lowest BCUT2D eigenvalue weighted by Gasteiger charge is -2.29. The van der Waals surface area contributed by atoms with Gasteiger partial charge in [0.15, 0.2) is 0 Å². The topological polar surface area (TPSA) is 81.8 Å². The summed E-state index contributed by atoms with van der Waals surface area (Å²) in [6, 6.07) is 17.7. The van der Waals surface area contributed by atoms with Crippen molar-refractivity contribution in [1.29, 1.82) is 0 Å². The lowest BCUT2D eigenvalue weighted by molar-refractivity contribution is 0.0919. The molecule has 192 valence electrons. The third kappa shape index (κ3) is 4.47. The molecule has 1 amide bonds. The molecule has 0 atom stereocenters. The average molecular weight is 526 g/mol. The number of carbonyl (C=O) groups is 1. The summed E-state index contributed by atoms with van der Waals surface area (Å²) in [5, 5.41) is 5.60. The van der Waals surface area contributed by atoms with E-state index in [1.165, 1.54) is 0 Å². The monoisotopic (exact) mass is 525 g/mol. The SMILES string of the molecule is Cc1ncc(Cl)cc1C(=O)N[C@H]1CC[C@H](Cn2c(=O)n(-c3cncc4ccccc34)c3ccccc32)CC1. The second-order valence-corrected chi connectivity index (χ2v) is 10.5. The van der Waals surface area contributed by atoms with Crippen molar-refractivity contribution in [1.82, 2.24) is 24.4 Å². The third-order valence-corrected chi connectivity index (χ3v) is 7.85. The van der Waals surface area contributed by atoms with E-state index >= 15 is 0 Å². The van der Waals surface area contributed by atoms with Gasteiger partial charge in [-0.05, 0) is 56.7 Å². The first-order valence-corrected chi connectivity index (χ1v) is 13.3. The average Bonchev–Trinajstić information content (AvgIpc) is 3.21. The summed E-state index contributed by atoms with van der Waals surface area (Å²) >= 11 is 6.05. The van der Waals surface area contributed by atoms with Crippen molar-refractivity contribution >= 4 is 39.3 Å². The van der Waals surface area contributed by atoms with Gasteiger partial charge >= 0.3 is 5.69 Å². The highest BCUT2D eigenvalue weighted by atomic mass is 35.5. The number of hydrogen-bond acceptors (Lipinski definition) is 4.